The highest BCUT2D eigenvalue weighted by molar-refractivity contribution is 6.04. The van der Waals surface area contributed by atoms with E-state index in [0.717, 1.165) is 38.3 Å². The van der Waals surface area contributed by atoms with Gasteiger partial charge >= 0.3 is 0 Å². The number of fused-ring (bicyclic) bond motifs is 1. The van der Waals surface area contributed by atoms with Crippen molar-refractivity contribution in [1.82, 2.24) is 30.5 Å². The number of hydrogen-bond donors (Lipinski definition) is 2. The van der Waals surface area contributed by atoms with E-state index in [2.05, 4.69) is 55.8 Å². The number of benzene rings is 2. The third-order valence-electron chi connectivity index (χ3n) is 5.04. The van der Waals surface area contributed by atoms with Gasteiger partial charge in [-0.15, -0.1) is 0 Å². The molecule has 4 rings (SSSR count). The Hall–Kier alpha value is -2.77. The molecule has 2 heterocycles. The van der Waals surface area contributed by atoms with Gasteiger partial charge in [0.25, 0.3) is 5.91 Å². The normalized spacial score (nSPS) is 15.9. The average Bonchev–Trinajstić information content (AvgIpc) is 3.17. The molecular weight excluding hydrogens is 340 g/mol. The summed E-state index contributed by atoms with van der Waals surface area (Å²) >= 11 is 0. The maximum Gasteiger partial charge on any atom is 0.253 e. The van der Waals surface area contributed by atoms with Gasteiger partial charge in [-0.2, -0.15) is 15.4 Å². The van der Waals surface area contributed by atoms with Crippen molar-refractivity contribution in [2.45, 2.75) is 13.1 Å². The van der Waals surface area contributed by atoms with Crippen molar-refractivity contribution < 1.29 is 4.79 Å². The molecule has 0 radical (unpaired) electrons. The number of aromatic amines is 1. The summed E-state index contributed by atoms with van der Waals surface area (Å²) in [6, 6.07) is 13.8. The Bertz CT molecular complexity index is 929. The zero-order chi connectivity index (χ0) is 18.6. The first-order valence-electron chi connectivity index (χ1n) is 9.25. The van der Waals surface area contributed by atoms with Crippen molar-refractivity contribution in [3.8, 4) is 0 Å². The van der Waals surface area contributed by atoms with Gasteiger partial charge in [-0.05, 0) is 30.3 Å². The molecule has 1 saturated heterocycles. The van der Waals surface area contributed by atoms with Crippen molar-refractivity contribution in [1.29, 1.82) is 0 Å². The van der Waals surface area contributed by atoms with Crippen molar-refractivity contribution in [3.63, 3.8) is 0 Å². The second-order valence-corrected chi connectivity index (χ2v) is 7.08. The molecule has 1 aliphatic rings. The predicted molar refractivity (Wildman–Crippen MR) is 104 cm³/mol. The summed E-state index contributed by atoms with van der Waals surface area (Å²) < 4.78 is 0. The van der Waals surface area contributed by atoms with Crippen LogP contribution >= 0.6 is 0 Å². The summed E-state index contributed by atoms with van der Waals surface area (Å²) in [7, 11) is 2.17. The Labute approximate surface area is 158 Å². The minimum atomic E-state index is -0.140. The first-order chi connectivity index (χ1) is 13.2. The van der Waals surface area contributed by atoms with Crippen LogP contribution in [0, 0.1) is 0 Å². The van der Waals surface area contributed by atoms with E-state index in [1.165, 1.54) is 5.56 Å². The fourth-order valence-corrected chi connectivity index (χ4v) is 3.43. The van der Waals surface area contributed by atoms with Crippen LogP contribution in [0.1, 0.15) is 21.5 Å². The number of para-hydroxylation sites is 1. The second-order valence-electron chi connectivity index (χ2n) is 7.08. The van der Waals surface area contributed by atoms with Gasteiger partial charge in [0, 0.05) is 39.3 Å². The molecule has 1 aliphatic heterocycles. The van der Waals surface area contributed by atoms with Crippen LogP contribution in [-0.2, 0) is 13.1 Å². The molecule has 0 unspecified atom stereocenters. The lowest BCUT2D eigenvalue weighted by atomic mass is 10.1. The molecule has 0 atom stereocenters. The van der Waals surface area contributed by atoms with Gasteiger partial charge in [0.2, 0.25) is 0 Å². The topological polar surface area (TPSA) is 77.1 Å². The van der Waals surface area contributed by atoms with Gasteiger partial charge in [-0.3, -0.25) is 9.69 Å². The number of likely N-dealkylation sites (N-methyl/N-ethyl adjacent to an activating group) is 1. The molecule has 27 heavy (non-hydrogen) atoms. The van der Waals surface area contributed by atoms with Crippen LogP contribution in [0.25, 0.3) is 11.0 Å². The van der Waals surface area contributed by atoms with E-state index < -0.39 is 0 Å². The van der Waals surface area contributed by atoms with Crippen LogP contribution in [0.2, 0.25) is 0 Å². The lowest BCUT2D eigenvalue weighted by molar-refractivity contribution is 0.0952. The number of nitrogens with zero attached hydrogens (tertiary/aromatic N) is 4. The van der Waals surface area contributed by atoms with E-state index in [1.54, 1.807) is 6.07 Å². The number of H-pyrrole nitrogens is 1. The quantitative estimate of drug-likeness (QED) is 0.720. The Morgan fingerprint density at radius 1 is 1.07 bits per heavy atom. The van der Waals surface area contributed by atoms with Crippen LogP contribution in [-0.4, -0.2) is 64.3 Å². The number of carbonyl (C=O) groups is 1. The standard InChI is InChI=1S/C20H24N6O/c1-25-8-10-26(11-9-25)14-16-5-2-4-15(12-16)13-21-20(27)17-6-3-7-18-19(17)23-24-22-18/h2-7,12H,8-11,13-14H2,1H3,(H,21,27)(H,22,23,24). The van der Waals surface area contributed by atoms with Crippen LogP contribution in [0.5, 0.6) is 0 Å². The number of aromatic nitrogens is 3. The van der Waals surface area contributed by atoms with E-state index in [9.17, 15) is 4.79 Å². The second kappa shape index (κ2) is 7.85. The molecule has 1 amide bonds. The number of nitrogens with one attached hydrogen (secondary N) is 2. The van der Waals surface area contributed by atoms with E-state index >= 15 is 0 Å². The molecule has 0 spiro atoms. The molecular formula is C20H24N6O. The smallest absolute Gasteiger partial charge is 0.253 e. The van der Waals surface area contributed by atoms with Gasteiger partial charge in [0.15, 0.2) is 0 Å². The van der Waals surface area contributed by atoms with Crippen LogP contribution in [0.15, 0.2) is 42.5 Å². The minimum Gasteiger partial charge on any atom is -0.348 e. The largest absolute Gasteiger partial charge is 0.348 e. The predicted octanol–water partition coefficient (Wildman–Crippen LogP) is 1.64. The first kappa shape index (κ1) is 17.6. The fraction of sp³-hybridized carbons (Fsp3) is 0.350. The van der Waals surface area contributed by atoms with Crippen molar-refractivity contribution in [3.05, 3.63) is 59.2 Å². The summed E-state index contributed by atoms with van der Waals surface area (Å²) in [5.74, 6) is -0.140. The molecule has 2 N–H and O–H groups in total. The van der Waals surface area contributed by atoms with E-state index in [4.69, 9.17) is 0 Å². The Balaban J connectivity index is 1.38. The molecule has 3 aromatic rings. The molecule has 1 aromatic heterocycles. The summed E-state index contributed by atoms with van der Waals surface area (Å²) in [5, 5.41) is 13.7. The molecule has 0 bridgehead atoms. The molecule has 7 nitrogen and oxygen atoms in total. The van der Waals surface area contributed by atoms with Crippen molar-refractivity contribution >= 4 is 16.9 Å². The highest BCUT2D eigenvalue weighted by Crippen LogP contribution is 2.14. The summed E-state index contributed by atoms with van der Waals surface area (Å²) in [5.41, 5.74) is 4.21. The number of piperazine rings is 1. The van der Waals surface area contributed by atoms with Crippen molar-refractivity contribution in [2.75, 3.05) is 33.2 Å². The van der Waals surface area contributed by atoms with Crippen LogP contribution < -0.4 is 5.32 Å². The summed E-state index contributed by atoms with van der Waals surface area (Å²) in [6.45, 7) is 5.86. The van der Waals surface area contributed by atoms with Gasteiger partial charge in [-0.25, -0.2) is 0 Å². The number of carbonyl (C=O) groups excluding carboxylic acids is 1. The zero-order valence-electron chi connectivity index (χ0n) is 15.5. The highest BCUT2D eigenvalue weighted by Gasteiger charge is 2.15. The van der Waals surface area contributed by atoms with Gasteiger partial charge < -0.3 is 10.2 Å². The average molecular weight is 364 g/mol. The summed E-state index contributed by atoms with van der Waals surface area (Å²) in [4.78, 5) is 17.4. The number of amides is 1. The molecule has 0 aliphatic carbocycles. The highest BCUT2D eigenvalue weighted by atomic mass is 16.1. The molecule has 140 valence electrons. The number of hydrogen-bond acceptors (Lipinski definition) is 5. The SMILES string of the molecule is CN1CCN(Cc2cccc(CNC(=O)c3cccc4n[nH]nc34)c2)CC1. The van der Waals surface area contributed by atoms with Crippen LogP contribution in [0.4, 0.5) is 0 Å². The third kappa shape index (κ3) is 4.15. The Kier molecular flexibility index (Phi) is 5.13. The minimum absolute atomic E-state index is 0.140. The monoisotopic (exact) mass is 364 g/mol. The molecule has 0 saturated carbocycles. The third-order valence-corrected chi connectivity index (χ3v) is 5.04. The maximum absolute atomic E-state index is 12.6. The van der Waals surface area contributed by atoms with Gasteiger partial charge in [0.1, 0.15) is 11.0 Å². The molecule has 1 fully saturated rings. The van der Waals surface area contributed by atoms with E-state index in [1.807, 2.05) is 18.2 Å². The van der Waals surface area contributed by atoms with Gasteiger partial charge in [0.05, 0.1) is 5.56 Å². The maximum atomic E-state index is 12.6. The first-order valence-corrected chi connectivity index (χ1v) is 9.25. The van der Waals surface area contributed by atoms with E-state index in [-0.39, 0.29) is 5.91 Å². The van der Waals surface area contributed by atoms with E-state index in [0.29, 0.717) is 23.1 Å². The van der Waals surface area contributed by atoms with Crippen LogP contribution in [0.3, 0.4) is 0 Å². The number of rotatable bonds is 5. The molecule has 2 aromatic carbocycles. The Morgan fingerprint density at radius 2 is 1.85 bits per heavy atom. The summed E-state index contributed by atoms with van der Waals surface area (Å²) in [6.07, 6.45) is 0. The zero-order valence-corrected chi connectivity index (χ0v) is 15.5. The molecule has 7 heteroatoms. The van der Waals surface area contributed by atoms with Gasteiger partial charge in [-0.1, -0.05) is 30.3 Å². The van der Waals surface area contributed by atoms with Crippen molar-refractivity contribution in [2.24, 2.45) is 0 Å². The lowest BCUT2D eigenvalue weighted by Gasteiger charge is -2.32. The lowest BCUT2D eigenvalue weighted by Crippen LogP contribution is -2.43. The Morgan fingerprint density at radius 3 is 2.70 bits per heavy atom. The fourth-order valence-electron chi connectivity index (χ4n) is 3.43.